The van der Waals surface area contributed by atoms with Crippen LogP contribution in [0.25, 0.3) is 0 Å². The van der Waals surface area contributed by atoms with Crippen LogP contribution in [-0.2, 0) is 0 Å². The molecule has 0 spiro atoms. The predicted octanol–water partition coefficient (Wildman–Crippen LogP) is 3.99. The van der Waals surface area contributed by atoms with Gasteiger partial charge in [-0.05, 0) is 72.8 Å². The van der Waals surface area contributed by atoms with Crippen LogP contribution in [0.2, 0.25) is 0 Å². The molecule has 0 amide bonds. The number of ether oxygens (including phenoxy) is 4. The highest BCUT2D eigenvalue weighted by Gasteiger charge is 2.11. The SMILES string of the molecule is COc1ccc(C(=O)Oc2ccc(OC(O)c3ccc(OC)cc3)cc2)cc1. The molecular weight excluding hydrogens is 360 g/mol. The highest BCUT2D eigenvalue weighted by Crippen LogP contribution is 2.24. The maximum absolute atomic E-state index is 12.2. The van der Waals surface area contributed by atoms with Crippen molar-refractivity contribution in [2.45, 2.75) is 6.29 Å². The van der Waals surface area contributed by atoms with E-state index in [1.165, 1.54) is 0 Å². The Kier molecular flexibility index (Phi) is 6.14. The van der Waals surface area contributed by atoms with E-state index in [1.807, 2.05) is 0 Å². The quantitative estimate of drug-likeness (QED) is 0.379. The third kappa shape index (κ3) is 4.81. The smallest absolute Gasteiger partial charge is 0.343 e. The highest BCUT2D eigenvalue weighted by atomic mass is 16.6. The number of esters is 1. The first-order valence-electron chi connectivity index (χ1n) is 8.54. The third-order valence-electron chi connectivity index (χ3n) is 4.01. The number of carbonyl (C=O) groups excluding carboxylic acids is 1. The molecule has 6 heteroatoms. The molecule has 3 aromatic rings. The van der Waals surface area contributed by atoms with Gasteiger partial charge in [-0.3, -0.25) is 0 Å². The van der Waals surface area contributed by atoms with E-state index in [0.29, 0.717) is 34.1 Å². The fourth-order valence-electron chi connectivity index (χ4n) is 2.44. The predicted molar refractivity (Wildman–Crippen MR) is 103 cm³/mol. The topological polar surface area (TPSA) is 74.2 Å². The van der Waals surface area contributed by atoms with Crippen LogP contribution in [0.5, 0.6) is 23.0 Å². The van der Waals surface area contributed by atoms with Crippen molar-refractivity contribution in [1.29, 1.82) is 0 Å². The minimum absolute atomic E-state index is 0.368. The number of hydrogen-bond donors (Lipinski definition) is 1. The first-order valence-corrected chi connectivity index (χ1v) is 8.54. The van der Waals surface area contributed by atoms with Crippen LogP contribution in [-0.4, -0.2) is 25.3 Å². The number of aliphatic hydroxyl groups is 1. The van der Waals surface area contributed by atoms with Crippen molar-refractivity contribution >= 4 is 5.97 Å². The highest BCUT2D eigenvalue weighted by molar-refractivity contribution is 5.91. The van der Waals surface area contributed by atoms with Crippen LogP contribution in [0.15, 0.2) is 72.8 Å². The molecule has 0 radical (unpaired) electrons. The molecule has 3 aromatic carbocycles. The molecule has 0 saturated carbocycles. The summed E-state index contributed by atoms with van der Waals surface area (Å²) in [5.74, 6) is 1.68. The Morgan fingerprint density at radius 3 is 1.71 bits per heavy atom. The van der Waals surface area contributed by atoms with Crippen LogP contribution in [0.4, 0.5) is 0 Å². The molecule has 0 bridgehead atoms. The number of benzene rings is 3. The van der Waals surface area contributed by atoms with E-state index in [2.05, 4.69) is 0 Å². The molecule has 0 aromatic heterocycles. The van der Waals surface area contributed by atoms with Gasteiger partial charge < -0.3 is 24.1 Å². The number of carbonyl (C=O) groups is 1. The third-order valence-corrected chi connectivity index (χ3v) is 4.01. The van der Waals surface area contributed by atoms with Crippen molar-refractivity contribution in [3.05, 3.63) is 83.9 Å². The zero-order valence-electron chi connectivity index (χ0n) is 15.5. The van der Waals surface area contributed by atoms with E-state index in [9.17, 15) is 9.90 Å². The van der Waals surface area contributed by atoms with Crippen molar-refractivity contribution in [3.8, 4) is 23.0 Å². The fraction of sp³-hybridized carbons (Fsp3) is 0.136. The Bertz CT molecular complexity index is 901. The molecule has 6 nitrogen and oxygen atoms in total. The van der Waals surface area contributed by atoms with Gasteiger partial charge in [0.1, 0.15) is 23.0 Å². The lowest BCUT2D eigenvalue weighted by Crippen LogP contribution is -2.09. The minimum atomic E-state index is -1.13. The summed E-state index contributed by atoms with van der Waals surface area (Å²) in [6, 6.07) is 20.0. The number of methoxy groups -OCH3 is 2. The molecule has 0 heterocycles. The van der Waals surface area contributed by atoms with Gasteiger partial charge in [0.25, 0.3) is 0 Å². The first-order chi connectivity index (χ1) is 13.6. The minimum Gasteiger partial charge on any atom is -0.497 e. The molecule has 1 atom stereocenters. The van der Waals surface area contributed by atoms with Crippen molar-refractivity contribution in [2.75, 3.05) is 14.2 Å². The van der Waals surface area contributed by atoms with E-state index in [4.69, 9.17) is 18.9 Å². The second-order valence-corrected chi connectivity index (χ2v) is 5.83. The summed E-state index contributed by atoms with van der Waals surface area (Å²) >= 11 is 0. The molecule has 1 N–H and O–H groups in total. The van der Waals surface area contributed by atoms with Crippen LogP contribution >= 0.6 is 0 Å². The van der Waals surface area contributed by atoms with Gasteiger partial charge >= 0.3 is 5.97 Å². The van der Waals surface area contributed by atoms with Gasteiger partial charge in [-0.15, -0.1) is 0 Å². The standard InChI is InChI=1S/C22H20O6/c1-25-17-7-3-15(4-8-17)21(23)27-19-11-13-20(14-12-19)28-22(24)16-5-9-18(26-2)10-6-16/h3-14,21,23H,1-2H3. The summed E-state index contributed by atoms with van der Waals surface area (Å²) in [6.07, 6.45) is -1.13. The van der Waals surface area contributed by atoms with Gasteiger partial charge in [-0.2, -0.15) is 0 Å². The summed E-state index contributed by atoms with van der Waals surface area (Å²) in [7, 11) is 3.13. The van der Waals surface area contributed by atoms with Gasteiger partial charge in [0, 0.05) is 5.56 Å². The summed E-state index contributed by atoms with van der Waals surface area (Å²) in [5, 5.41) is 10.2. The molecule has 0 aliphatic rings. The van der Waals surface area contributed by atoms with Crippen molar-refractivity contribution in [2.24, 2.45) is 0 Å². The van der Waals surface area contributed by atoms with Gasteiger partial charge in [-0.1, -0.05) is 0 Å². The van der Waals surface area contributed by atoms with E-state index in [0.717, 1.165) is 0 Å². The second kappa shape index (κ2) is 8.92. The first kappa shape index (κ1) is 19.3. The molecule has 1 unspecified atom stereocenters. The van der Waals surface area contributed by atoms with Gasteiger partial charge in [0.15, 0.2) is 0 Å². The lowest BCUT2D eigenvalue weighted by Gasteiger charge is -2.14. The molecule has 144 valence electrons. The lowest BCUT2D eigenvalue weighted by molar-refractivity contribution is -0.0195. The van der Waals surface area contributed by atoms with Crippen molar-refractivity contribution < 1.29 is 28.8 Å². The summed E-state index contributed by atoms with van der Waals surface area (Å²) in [4.78, 5) is 12.2. The molecule has 28 heavy (non-hydrogen) atoms. The van der Waals surface area contributed by atoms with Crippen LogP contribution in [0, 0.1) is 0 Å². The number of aliphatic hydroxyl groups excluding tert-OH is 1. The monoisotopic (exact) mass is 380 g/mol. The van der Waals surface area contributed by atoms with E-state index < -0.39 is 12.3 Å². The molecule has 0 saturated heterocycles. The average molecular weight is 380 g/mol. The Morgan fingerprint density at radius 2 is 1.18 bits per heavy atom. The van der Waals surface area contributed by atoms with Crippen LogP contribution in [0.3, 0.4) is 0 Å². The van der Waals surface area contributed by atoms with Gasteiger partial charge in [0.2, 0.25) is 6.29 Å². The summed E-state index contributed by atoms with van der Waals surface area (Å²) < 4.78 is 21.0. The zero-order chi connectivity index (χ0) is 19.9. The Morgan fingerprint density at radius 1 is 0.714 bits per heavy atom. The lowest BCUT2D eigenvalue weighted by atomic mass is 10.2. The summed E-state index contributed by atoms with van der Waals surface area (Å²) in [6.45, 7) is 0. The Balaban J connectivity index is 1.59. The molecular formula is C22H20O6. The largest absolute Gasteiger partial charge is 0.497 e. The van der Waals surface area contributed by atoms with Crippen molar-refractivity contribution in [3.63, 3.8) is 0 Å². The van der Waals surface area contributed by atoms with Gasteiger partial charge in [0.05, 0.1) is 19.8 Å². The second-order valence-electron chi connectivity index (χ2n) is 5.83. The number of hydrogen-bond acceptors (Lipinski definition) is 6. The van der Waals surface area contributed by atoms with E-state index in [-0.39, 0.29) is 0 Å². The average Bonchev–Trinajstić information content (AvgIpc) is 2.75. The molecule has 0 fully saturated rings. The Labute approximate surface area is 162 Å². The fourth-order valence-corrected chi connectivity index (χ4v) is 2.44. The van der Waals surface area contributed by atoms with E-state index in [1.54, 1.807) is 87.0 Å². The Hall–Kier alpha value is -3.51. The van der Waals surface area contributed by atoms with E-state index >= 15 is 0 Å². The maximum atomic E-state index is 12.2. The van der Waals surface area contributed by atoms with Gasteiger partial charge in [-0.25, -0.2) is 4.79 Å². The summed E-state index contributed by atoms with van der Waals surface area (Å²) in [5.41, 5.74) is 1.01. The van der Waals surface area contributed by atoms with Crippen LogP contribution < -0.4 is 18.9 Å². The maximum Gasteiger partial charge on any atom is 0.343 e. The zero-order valence-corrected chi connectivity index (χ0v) is 15.5. The van der Waals surface area contributed by atoms with Crippen molar-refractivity contribution in [1.82, 2.24) is 0 Å². The number of rotatable bonds is 7. The molecule has 3 rings (SSSR count). The van der Waals surface area contributed by atoms with Crippen LogP contribution in [0.1, 0.15) is 22.2 Å². The normalized spacial score (nSPS) is 11.4. The molecule has 0 aliphatic carbocycles. The molecule has 0 aliphatic heterocycles.